The van der Waals surface area contributed by atoms with Gasteiger partial charge in [-0.15, -0.1) is 0 Å². The summed E-state index contributed by atoms with van der Waals surface area (Å²) in [5.74, 6) is -3.18. The lowest BCUT2D eigenvalue weighted by Crippen LogP contribution is -2.43. The molecule has 102 valence electrons. The summed E-state index contributed by atoms with van der Waals surface area (Å²) in [5, 5.41) is 2.49. The Balaban J connectivity index is 1.98. The molecule has 4 nitrogen and oxygen atoms in total. The Bertz CT molecular complexity index is 533. The van der Waals surface area contributed by atoms with Gasteiger partial charge in [0.1, 0.15) is 6.04 Å². The fourth-order valence-electron chi connectivity index (χ4n) is 1.99. The Kier molecular flexibility index (Phi) is 3.50. The predicted octanol–water partition coefficient (Wildman–Crippen LogP) is 1.06. The van der Waals surface area contributed by atoms with E-state index in [0.29, 0.717) is 12.0 Å². The number of halogens is 2. The second-order valence-corrected chi connectivity index (χ2v) is 4.75. The highest BCUT2D eigenvalue weighted by Gasteiger charge is 2.44. The van der Waals surface area contributed by atoms with Crippen LogP contribution in [0, 0.1) is 17.6 Å². The van der Waals surface area contributed by atoms with Gasteiger partial charge >= 0.3 is 0 Å². The van der Waals surface area contributed by atoms with Crippen molar-refractivity contribution in [3.05, 3.63) is 35.4 Å². The molecule has 0 aromatic heterocycles. The number of hydrogen-bond acceptors (Lipinski definition) is 2. The van der Waals surface area contributed by atoms with Crippen molar-refractivity contribution in [2.75, 3.05) is 0 Å². The number of nitrogens with one attached hydrogen (secondary N) is 1. The quantitative estimate of drug-likeness (QED) is 0.857. The molecular weight excluding hydrogens is 254 g/mol. The standard InChI is InChI=1S/C13H14F2N2O2/c1-6(12(16)18)17-13(19)9-5-8(9)7-2-3-10(14)11(15)4-7/h2-4,6,8-9H,5H2,1H3,(H2,16,18)(H,17,19)/t6-,8?,9?/m0/s1. The first-order valence-electron chi connectivity index (χ1n) is 5.94. The summed E-state index contributed by atoms with van der Waals surface area (Å²) in [5.41, 5.74) is 5.63. The Morgan fingerprint density at radius 3 is 2.63 bits per heavy atom. The van der Waals surface area contributed by atoms with Gasteiger partial charge in [0.05, 0.1) is 0 Å². The molecule has 2 rings (SSSR count). The fraction of sp³-hybridized carbons (Fsp3) is 0.385. The van der Waals surface area contributed by atoms with E-state index >= 15 is 0 Å². The third-order valence-corrected chi connectivity index (χ3v) is 3.28. The summed E-state index contributed by atoms with van der Waals surface area (Å²) >= 11 is 0. The molecule has 1 aliphatic carbocycles. The number of primary amides is 1. The average Bonchev–Trinajstić information content (AvgIpc) is 3.12. The second kappa shape index (κ2) is 4.95. The van der Waals surface area contributed by atoms with Crippen molar-refractivity contribution in [3.8, 4) is 0 Å². The third-order valence-electron chi connectivity index (χ3n) is 3.28. The first kappa shape index (κ1) is 13.5. The SMILES string of the molecule is C[C@H](NC(=O)C1CC1c1ccc(F)c(F)c1)C(N)=O. The minimum absolute atomic E-state index is 0.129. The van der Waals surface area contributed by atoms with Crippen LogP contribution in [0.15, 0.2) is 18.2 Å². The Morgan fingerprint density at radius 1 is 1.37 bits per heavy atom. The minimum atomic E-state index is -0.922. The van der Waals surface area contributed by atoms with Crippen LogP contribution in [0.4, 0.5) is 8.78 Å². The van der Waals surface area contributed by atoms with Gasteiger partial charge in [0, 0.05) is 5.92 Å². The van der Waals surface area contributed by atoms with Gasteiger partial charge in [0.25, 0.3) is 0 Å². The number of rotatable bonds is 4. The van der Waals surface area contributed by atoms with E-state index in [-0.39, 0.29) is 17.7 Å². The first-order chi connectivity index (χ1) is 8.90. The van der Waals surface area contributed by atoms with Crippen LogP contribution >= 0.6 is 0 Å². The maximum atomic E-state index is 13.1. The monoisotopic (exact) mass is 268 g/mol. The van der Waals surface area contributed by atoms with Crippen molar-refractivity contribution in [1.82, 2.24) is 5.32 Å². The summed E-state index contributed by atoms with van der Waals surface area (Å²) in [4.78, 5) is 22.6. The van der Waals surface area contributed by atoms with Gasteiger partial charge < -0.3 is 11.1 Å². The lowest BCUT2D eigenvalue weighted by atomic mass is 10.1. The van der Waals surface area contributed by atoms with E-state index in [2.05, 4.69) is 5.32 Å². The number of carbonyl (C=O) groups is 2. The molecule has 0 aliphatic heterocycles. The van der Waals surface area contributed by atoms with Crippen molar-refractivity contribution in [1.29, 1.82) is 0 Å². The van der Waals surface area contributed by atoms with Gasteiger partial charge in [-0.2, -0.15) is 0 Å². The second-order valence-electron chi connectivity index (χ2n) is 4.75. The van der Waals surface area contributed by atoms with Crippen LogP contribution in [0.5, 0.6) is 0 Å². The topological polar surface area (TPSA) is 72.2 Å². The molecule has 3 atom stereocenters. The number of nitrogens with two attached hydrogens (primary N) is 1. The average molecular weight is 268 g/mol. The van der Waals surface area contributed by atoms with Gasteiger partial charge in [0.15, 0.2) is 11.6 Å². The lowest BCUT2D eigenvalue weighted by molar-refractivity contribution is -0.127. The number of amides is 2. The van der Waals surface area contributed by atoms with E-state index in [1.54, 1.807) is 0 Å². The molecule has 6 heteroatoms. The third kappa shape index (κ3) is 2.89. The van der Waals surface area contributed by atoms with Crippen LogP contribution in [0.1, 0.15) is 24.8 Å². The van der Waals surface area contributed by atoms with E-state index < -0.39 is 23.6 Å². The van der Waals surface area contributed by atoms with Crippen molar-refractivity contribution in [2.45, 2.75) is 25.3 Å². The highest BCUT2D eigenvalue weighted by Crippen LogP contribution is 2.47. The molecule has 0 saturated heterocycles. The lowest BCUT2D eigenvalue weighted by Gasteiger charge is -2.09. The van der Waals surface area contributed by atoms with Crippen molar-refractivity contribution >= 4 is 11.8 Å². The zero-order valence-electron chi connectivity index (χ0n) is 10.3. The van der Waals surface area contributed by atoms with Gasteiger partial charge in [-0.05, 0) is 37.0 Å². The van der Waals surface area contributed by atoms with E-state index in [0.717, 1.165) is 12.1 Å². The fourth-order valence-corrected chi connectivity index (χ4v) is 1.99. The molecule has 19 heavy (non-hydrogen) atoms. The molecule has 0 heterocycles. The summed E-state index contributed by atoms with van der Waals surface area (Å²) in [6.07, 6.45) is 0.558. The summed E-state index contributed by atoms with van der Waals surface area (Å²) in [6, 6.07) is 2.88. The summed E-state index contributed by atoms with van der Waals surface area (Å²) in [6.45, 7) is 1.50. The van der Waals surface area contributed by atoms with Gasteiger partial charge in [-0.3, -0.25) is 9.59 Å². The van der Waals surface area contributed by atoms with Gasteiger partial charge in [0.2, 0.25) is 11.8 Å². The maximum Gasteiger partial charge on any atom is 0.239 e. The maximum absolute atomic E-state index is 13.1. The molecule has 1 aromatic rings. The first-order valence-corrected chi connectivity index (χ1v) is 5.94. The highest BCUT2D eigenvalue weighted by molar-refractivity contribution is 5.89. The highest BCUT2D eigenvalue weighted by atomic mass is 19.2. The Labute approximate surface area is 109 Å². The normalized spacial score (nSPS) is 22.7. The molecule has 1 fully saturated rings. The van der Waals surface area contributed by atoms with E-state index in [4.69, 9.17) is 5.73 Å². The molecule has 0 bridgehead atoms. The molecular formula is C13H14F2N2O2. The number of benzene rings is 1. The van der Waals surface area contributed by atoms with Crippen LogP contribution in [0.3, 0.4) is 0 Å². The van der Waals surface area contributed by atoms with Crippen LogP contribution in [-0.4, -0.2) is 17.9 Å². The minimum Gasteiger partial charge on any atom is -0.368 e. The van der Waals surface area contributed by atoms with Crippen molar-refractivity contribution < 1.29 is 18.4 Å². The zero-order chi connectivity index (χ0) is 14.2. The molecule has 3 N–H and O–H groups in total. The van der Waals surface area contributed by atoms with Crippen molar-refractivity contribution in [2.24, 2.45) is 11.7 Å². The van der Waals surface area contributed by atoms with Crippen LogP contribution in [0.2, 0.25) is 0 Å². The molecule has 0 spiro atoms. The molecule has 1 aromatic carbocycles. The van der Waals surface area contributed by atoms with Gasteiger partial charge in [-0.25, -0.2) is 8.78 Å². The molecule has 0 radical (unpaired) electrons. The molecule has 1 saturated carbocycles. The van der Waals surface area contributed by atoms with E-state index in [9.17, 15) is 18.4 Å². The van der Waals surface area contributed by atoms with Crippen LogP contribution in [0.25, 0.3) is 0 Å². The predicted molar refractivity (Wildman–Crippen MR) is 64.0 cm³/mol. The summed E-state index contributed by atoms with van der Waals surface area (Å²) < 4.78 is 25.9. The van der Waals surface area contributed by atoms with E-state index in [1.165, 1.54) is 13.0 Å². The molecule has 2 unspecified atom stereocenters. The van der Waals surface area contributed by atoms with Gasteiger partial charge in [-0.1, -0.05) is 6.07 Å². The smallest absolute Gasteiger partial charge is 0.239 e. The largest absolute Gasteiger partial charge is 0.368 e. The molecule has 1 aliphatic rings. The van der Waals surface area contributed by atoms with Crippen LogP contribution < -0.4 is 11.1 Å². The Hall–Kier alpha value is -1.98. The zero-order valence-corrected chi connectivity index (χ0v) is 10.3. The molecule has 2 amide bonds. The van der Waals surface area contributed by atoms with Crippen LogP contribution in [-0.2, 0) is 9.59 Å². The summed E-state index contributed by atoms with van der Waals surface area (Å²) in [7, 11) is 0. The van der Waals surface area contributed by atoms with E-state index in [1.807, 2.05) is 0 Å². The van der Waals surface area contributed by atoms with Crippen molar-refractivity contribution in [3.63, 3.8) is 0 Å². The Morgan fingerprint density at radius 2 is 2.05 bits per heavy atom. The number of carbonyl (C=O) groups excluding carboxylic acids is 2. The number of hydrogen-bond donors (Lipinski definition) is 2.